The Morgan fingerprint density at radius 3 is 1.98 bits per heavy atom. The molecule has 1 aliphatic rings. The van der Waals surface area contributed by atoms with Gasteiger partial charge in [0.15, 0.2) is 0 Å². The van der Waals surface area contributed by atoms with Gasteiger partial charge >= 0.3 is 0 Å². The highest BCUT2D eigenvalue weighted by atomic mass is 16.5. The number of amides is 2. The van der Waals surface area contributed by atoms with E-state index in [-0.39, 0.29) is 24.4 Å². The summed E-state index contributed by atoms with van der Waals surface area (Å²) < 4.78 is 7.58. The van der Waals surface area contributed by atoms with Gasteiger partial charge in [0.2, 0.25) is 11.8 Å². The normalized spacial score (nSPS) is 13.8. The smallest absolute Gasteiger partial charge is 0.247 e. The number of nitrogens with zero attached hydrogens (tertiary/aromatic N) is 3. The Kier molecular flexibility index (Phi) is 13.4. The second kappa shape index (κ2) is 17.7. The van der Waals surface area contributed by atoms with E-state index in [4.69, 9.17) is 4.74 Å². The first-order chi connectivity index (χ1) is 21.6. The lowest BCUT2D eigenvalue weighted by molar-refractivity contribution is -0.135. The molecule has 3 aromatic rings. The molecular weight excluding hydrogens is 546 g/mol. The van der Waals surface area contributed by atoms with E-state index >= 15 is 0 Å². The van der Waals surface area contributed by atoms with Crippen molar-refractivity contribution in [3.63, 3.8) is 0 Å². The van der Waals surface area contributed by atoms with E-state index in [0.29, 0.717) is 13.0 Å². The molecule has 0 N–H and O–H groups in total. The van der Waals surface area contributed by atoms with Gasteiger partial charge in [0.25, 0.3) is 0 Å². The topological polar surface area (TPSA) is 54.8 Å². The highest BCUT2D eigenvalue weighted by Crippen LogP contribution is 2.42. The molecule has 6 heteroatoms. The molecule has 6 nitrogen and oxygen atoms in total. The molecular formula is C38H53N3O3. The summed E-state index contributed by atoms with van der Waals surface area (Å²) in [6.07, 6.45) is 18.2. The minimum absolute atomic E-state index is 0.0610. The molecule has 0 aliphatic carbocycles. The second-order valence-electron chi connectivity index (χ2n) is 12.2. The van der Waals surface area contributed by atoms with Gasteiger partial charge in [-0.05, 0) is 54.8 Å². The standard InChI is InChI=1S/C38H53N3O3/c1-4-6-8-9-10-11-12-13-14-15-16-23-36(42)39(28-7-5-2)30-37(43)41-34-21-18-17-20-33(34)40-29-19-22-35(40)38(41)31-24-26-32(44-3)27-25-31/h17-22,24-27,29,38H,4-16,23,28,30H2,1-3H3. The Morgan fingerprint density at radius 1 is 0.727 bits per heavy atom. The Hall–Kier alpha value is -3.54. The number of carbonyl (C=O) groups is 2. The number of carbonyl (C=O) groups excluding carboxylic acids is 2. The van der Waals surface area contributed by atoms with Gasteiger partial charge in [-0.25, -0.2) is 0 Å². The zero-order valence-electron chi connectivity index (χ0n) is 27.3. The zero-order chi connectivity index (χ0) is 31.1. The third-order valence-electron chi connectivity index (χ3n) is 8.87. The minimum Gasteiger partial charge on any atom is -0.497 e. The quantitative estimate of drug-likeness (QED) is 0.129. The van der Waals surface area contributed by atoms with Crippen LogP contribution in [-0.4, -0.2) is 41.5 Å². The number of hydrogen-bond donors (Lipinski definition) is 0. The van der Waals surface area contributed by atoms with Crippen molar-refractivity contribution in [2.45, 2.75) is 110 Å². The van der Waals surface area contributed by atoms with Crippen molar-refractivity contribution in [1.29, 1.82) is 0 Å². The fourth-order valence-electron chi connectivity index (χ4n) is 6.34. The molecule has 0 spiro atoms. The molecule has 1 atom stereocenters. The molecule has 0 fully saturated rings. The number of benzene rings is 2. The fourth-order valence-corrected chi connectivity index (χ4v) is 6.34. The van der Waals surface area contributed by atoms with Crippen LogP contribution in [0.1, 0.15) is 121 Å². The molecule has 4 rings (SSSR count). The van der Waals surface area contributed by atoms with Crippen LogP contribution in [0, 0.1) is 0 Å². The number of fused-ring (bicyclic) bond motifs is 3. The fraction of sp³-hybridized carbons (Fsp3) is 0.526. The predicted molar refractivity (Wildman–Crippen MR) is 181 cm³/mol. The molecule has 2 amide bonds. The molecule has 1 unspecified atom stereocenters. The lowest BCUT2D eigenvalue weighted by Gasteiger charge is -2.39. The van der Waals surface area contributed by atoms with E-state index in [1.165, 1.54) is 57.8 Å². The molecule has 2 aromatic carbocycles. The number of anilines is 1. The van der Waals surface area contributed by atoms with Crippen LogP contribution in [0.2, 0.25) is 0 Å². The van der Waals surface area contributed by atoms with Gasteiger partial charge in [-0.15, -0.1) is 0 Å². The number of methoxy groups -OCH3 is 1. The molecule has 0 bridgehead atoms. The number of aromatic nitrogens is 1. The van der Waals surface area contributed by atoms with Crippen LogP contribution in [-0.2, 0) is 9.59 Å². The summed E-state index contributed by atoms with van der Waals surface area (Å²) in [6.45, 7) is 5.08. The van der Waals surface area contributed by atoms with E-state index < -0.39 is 0 Å². The van der Waals surface area contributed by atoms with E-state index in [1.807, 2.05) is 58.3 Å². The van der Waals surface area contributed by atoms with Crippen LogP contribution < -0.4 is 9.64 Å². The molecule has 0 saturated carbocycles. The van der Waals surface area contributed by atoms with Gasteiger partial charge in [0.1, 0.15) is 18.3 Å². The summed E-state index contributed by atoms with van der Waals surface area (Å²) in [5.74, 6) is 0.809. The number of ether oxygens (including phenoxy) is 1. The average molecular weight is 600 g/mol. The molecule has 2 heterocycles. The van der Waals surface area contributed by atoms with Crippen LogP contribution in [0.3, 0.4) is 0 Å². The average Bonchev–Trinajstić information content (AvgIpc) is 3.55. The maximum atomic E-state index is 14.3. The molecule has 1 aromatic heterocycles. The van der Waals surface area contributed by atoms with Crippen molar-refractivity contribution < 1.29 is 14.3 Å². The van der Waals surface area contributed by atoms with E-state index in [1.54, 1.807) is 7.11 Å². The zero-order valence-corrected chi connectivity index (χ0v) is 27.3. The number of para-hydroxylation sites is 2. The summed E-state index contributed by atoms with van der Waals surface area (Å²) in [5.41, 5.74) is 3.85. The first-order valence-corrected chi connectivity index (χ1v) is 17.1. The summed E-state index contributed by atoms with van der Waals surface area (Å²) in [6, 6.07) is 19.8. The second-order valence-corrected chi connectivity index (χ2v) is 12.2. The Bertz CT molecular complexity index is 1300. The van der Waals surface area contributed by atoms with Crippen molar-refractivity contribution in [2.75, 3.05) is 25.1 Å². The Morgan fingerprint density at radius 2 is 1.34 bits per heavy atom. The van der Waals surface area contributed by atoms with E-state index in [2.05, 4.69) is 36.7 Å². The van der Waals surface area contributed by atoms with Gasteiger partial charge in [-0.3, -0.25) is 14.5 Å². The molecule has 0 saturated heterocycles. The van der Waals surface area contributed by atoms with Crippen LogP contribution in [0.15, 0.2) is 66.9 Å². The molecule has 44 heavy (non-hydrogen) atoms. The molecule has 238 valence electrons. The highest BCUT2D eigenvalue weighted by molar-refractivity contribution is 6.00. The number of rotatable bonds is 19. The van der Waals surface area contributed by atoms with Crippen LogP contribution in [0.5, 0.6) is 5.75 Å². The summed E-state index contributed by atoms with van der Waals surface area (Å²) in [4.78, 5) is 31.5. The third-order valence-corrected chi connectivity index (χ3v) is 8.87. The largest absolute Gasteiger partial charge is 0.497 e. The number of hydrogen-bond acceptors (Lipinski definition) is 3. The van der Waals surface area contributed by atoms with E-state index in [9.17, 15) is 9.59 Å². The van der Waals surface area contributed by atoms with Crippen molar-refractivity contribution in [1.82, 2.24) is 9.47 Å². The summed E-state index contributed by atoms with van der Waals surface area (Å²) >= 11 is 0. The SMILES string of the molecule is CCCCCCCCCCCCCC(=O)N(CCCC)CC(=O)N1c2ccccc2-n2cccc2C1c1ccc(OC)cc1. The summed E-state index contributed by atoms with van der Waals surface area (Å²) in [7, 11) is 1.66. The van der Waals surface area contributed by atoms with Gasteiger partial charge < -0.3 is 14.2 Å². The number of unbranched alkanes of at least 4 members (excludes halogenated alkanes) is 11. The first kappa shape index (κ1) is 33.4. The minimum atomic E-state index is -0.312. The Balaban J connectivity index is 1.42. The van der Waals surface area contributed by atoms with Crippen molar-refractivity contribution in [3.05, 3.63) is 78.1 Å². The highest BCUT2D eigenvalue weighted by Gasteiger charge is 2.36. The van der Waals surface area contributed by atoms with Crippen molar-refractivity contribution in [2.24, 2.45) is 0 Å². The van der Waals surface area contributed by atoms with Gasteiger partial charge in [0.05, 0.1) is 24.2 Å². The maximum absolute atomic E-state index is 14.3. The van der Waals surface area contributed by atoms with Gasteiger partial charge in [0, 0.05) is 19.2 Å². The van der Waals surface area contributed by atoms with Crippen molar-refractivity contribution >= 4 is 17.5 Å². The van der Waals surface area contributed by atoms with Crippen LogP contribution in [0.4, 0.5) is 5.69 Å². The first-order valence-electron chi connectivity index (χ1n) is 17.1. The summed E-state index contributed by atoms with van der Waals surface area (Å²) in [5, 5.41) is 0. The van der Waals surface area contributed by atoms with Crippen LogP contribution >= 0.6 is 0 Å². The van der Waals surface area contributed by atoms with Crippen LogP contribution in [0.25, 0.3) is 5.69 Å². The maximum Gasteiger partial charge on any atom is 0.247 e. The third kappa shape index (κ3) is 8.77. The molecule has 1 aliphatic heterocycles. The van der Waals surface area contributed by atoms with Gasteiger partial charge in [-0.2, -0.15) is 0 Å². The van der Waals surface area contributed by atoms with Crippen molar-refractivity contribution in [3.8, 4) is 11.4 Å². The Labute approximate surface area is 265 Å². The van der Waals surface area contributed by atoms with E-state index in [0.717, 1.165) is 54.1 Å². The molecule has 0 radical (unpaired) electrons. The predicted octanol–water partition coefficient (Wildman–Crippen LogP) is 9.25. The lowest BCUT2D eigenvalue weighted by Crippen LogP contribution is -2.47. The lowest BCUT2D eigenvalue weighted by atomic mass is 9.97. The van der Waals surface area contributed by atoms with Gasteiger partial charge in [-0.1, -0.05) is 109 Å². The monoisotopic (exact) mass is 599 g/mol.